The minimum absolute atomic E-state index is 0.0248. The molecule has 1 atom stereocenters. The average Bonchev–Trinajstić information content (AvgIpc) is 2.58. The van der Waals surface area contributed by atoms with Gasteiger partial charge in [0.05, 0.1) is 0 Å². The number of benzene rings is 2. The van der Waals surface area contributed by atoms with E-state index in [1.165, 1.54) is 0 Å². The predicted molar refractivity (Wildman–Crippen MR) is 107 cm³/mol. The van der Waals surface area contributed by atoms with Crippen molar-refractivity contribution in [3.8, 4) is 0 Å². The van der Waals surface area contributed by atoms with E-state index in [9.17, 15) is 9.59 Å². The second-order valence-corrected chi connectivity index (χ2v) is 7.83. The molecule has 2 aromatic carbocycles. The highest BCUT2D eigenvalue weighted by molar-refractivity contribution is 6.31. The van der Waals surface area contributed by atoms with E-state index in [1.807, 2.05) is 19.1 Å². The van der Waals surface area contributed by atoms with Gasteiger partial charge in [0.25, 0.3) is 5.91 Å². The fourth-order valence-electron chi connectivity index (χ4n) is 2.45. The Balaban J connectivity index is 2.02. The van der Waals surface area contributed by atoms with Gasteiger partial charge in [-0.2, -0.15) is 0 Å². The summed E-state index contributed by atoms with van der Waals surface area (Å²) in [4.78, 5) is 24.7. The van der Waals surface area contributed by atoms with Gasteiger partial charge in [0, 0.05) is 16.3 Å². The lowest BCUT2D eigenvalue weighted by Gasteiger charge is -2.19. The molecule has 26 heavy (non-hydrogen) atoms. The average molecular weight is 373 g/mol. The van der Waals surface area contributed by atoms with E-state index >= 15 is 0 Å². The maximum Gasteiger partial charge on any atom is 0.251 e. The van der Waals surface area contributed by atoms with Crippen molar-refractivity contribution >= 4 is 29.1 Å². The van der Waals surface area contributed by atoms with Crippen molar-refractivity contribution in [3.05, 3.63) is 64.2 Å². The molecule has 2 aromatic rings. The standard InChI is InChI=1S/C21H25ClN2O2/c1-13-17(22)7-6-8-18(13)24-19(25)14(2)23-20(26)15-9-11-16(12-10-15)21(3,4)5/h6-12,14H,1-5H3,(H,23,26)(H,24,25). The molecule has 0 radical (unpaired) electrons. The monoisotopic (exact) mass is 372 g/mol. The Morgan fingerprint density at radius 3 is 2.23 bits per heavy atom. The van der Waals surface area contributed by atoms with E-state index in [1.54, 1.807) is 37.3 Å². The highest BCUT2D eigenvalue weighted by Gasteiger charge is 2.19. The Hall–Kier alpha value is -2.33. The van der Waals surface area contributed by atoms with Crippen LogP contribution in [0.25, 0.3) is 0 Å². The smallest absolute Gasteiger partial charge is 0.251 e. The van der Waals surface area contributed by atoms with Gasteiger partial charge in [-0.25, -0.2) is 0 Å². The normalized spacial score (nSPS) is 12.4. The quantitative estimate of drug-likeness (QED) is 0.817. The summed E-state index contributed by atoms with van der Waals surface area (Å²) in [7, 11) is 0. The first-order chi connectivity index (χ1) is 12.1. The molecular formula is C21H25ClN2O2. The molecule has 138 valence electrons. The van der Waals surface area contributed by atoms with Gasteiger partial charge >= 0.3 is 0 Å². The number of hydrogen-bond donors (Lipinski definition) is 2. The number of carbonyl (C=O) groups is 2. The largest absolute Gasteiger partial charge is 0.341 e. The molecule has 0 saturated heterocycles. The van der Waals surface area contributed by atoms with Gasteiger partial charge in [-0.15, -0.1) is 0 Å². The maximum atomic E-state index is 12.4. The second-order valence-electron chi connectivity index (χ2n) is 7.42. The fourth-order valence-corrected chi connectivity index (χ4v) is 2.63. The SMILES string of the molecule is Cc1c(Cl)cccc1NC(=O)C(C)NC(=O)c1ccc(C(C)(C)C)cc1. The van der Waals surface area contributed by atoms with Gasteiger partial charge < -0.3 is 10.6 Å². The molecular weight excluding hydrogens is 348 g/mol. The lowest BCUT2D eigenvalue weighted by Crippen LogP contribution is -2.41. The summed E-state index contributed by atoms with van der Waals surface area (Å²) in [6.45, 7) is 9.83. The van der Waals surface area contributed by atoms with Crippen LogP contribution in [0.3, 0.4) is 0 Å². The third-order valence-corrected chi connectivity index (χ3v) is 4.69. The summed E-state index contributed by atoms with van der Waals surface area (Å²) in [6.07, 6.45) is 0. The molecule has 2 rings (SSSR count). The fraction of sp³-hybridized carbons (Fsp3) is 0.333. The van der Waals surface area contributed by atoms with Crippen LogP contribution in [0.15, 0.2) is 42.5 Å². The summed E-state index contributed by atoms with van der Waals surface area (Å²) in [5.41, 5.74) is 3.13. The minimum atomic E-state index is -0.678. The molecule has 1 unspecified atom stereocenters. The molecule has 0 aliphatic heterocycles. The van der Waals surface area contributed by atoms with Crippen molar-refractivity contribution < 1.29 is 9.59 Å². The molecule has 0 aliphatic carbocycles. The summed E-state index contributed by atoms with van der Waals surface area (Å²) >= 11 is 6.06. The number of anilines is 1. The summed E-state index contributed by atoms with van der Waals surface area (Å²) < 4.78 is 0. The highest BCUT2D eigenvalue weighted by atomic mass is 35.5. The number of carbonyl (C=O) groups excluding carboxylic acids is 2. The molecule has 0 bridgehead atoms. The Kier molecular flexibility index (Phi) is 6.09. The molecule has 2 N–H and O–H groups in total. The van der Waals surface area contributed by atoms with E-state index in [0.29, 0.717) is 16.3 Å². The molecule has 0 spiro atoms. The van der Waals surface area contributed by atoms with Gasteiger partial charge in [0.1, 0.15) is 6.04 Å². The molecule has 0 aromatic heterocycles. The Morgan fingerprint density at radius 2 is 1.65 bits per heavy atom. The molecule has 2 amide bonds. The first kappa shape index (κ1) is 20.0. The topological polar surface area (TPSA) is 58.2 Å². The van der Waals surface area contributed by atoms with E-state index in [-0.39, 0.29) is 17.2 Å². The van der Waals surface area contributed by atoms with Gasteiger partial charge in [-0.05, 0) is 54.7 Å². The Morgan fingerprint density at radius 1 is 1.04 bits per heavy atom. The highest BCUT2D eigenvalue weighted by Crippen LogP contribution is 2.23. The number of amides is 2. The first-order valence-corrected chi connectivity index (χ1v) is 8.95. The van der Waals surface area contributed by atoms with Crippen LogP contribution in [0.1, 0.15) is 49.2 Å². The molecule has 0 heterocycles. The molecule has 0 aliphatic rings. The predicted octanol–water partition coefficient (Wildman–Crippen LogP) is 4.70. The molecule has 4 nitrogen and oxygen atoms in total. The third kappa shape index (κ3) is 4.85. The lowest BCUT2D eigenvalue weighted by molar-refractivity contribution is -0.117. The van der Waals surface area contributed by atoms with Gasteiger partial charge in [-0.1, -0.05) is 50.6 Å². The zero-order chi connectivity index (χ0) is 19.5. The Bertz CT molecular complexity index is 808. The van der Waals surface area contributed by atoms with Gasteiger partial charge in [0.15, 0.2) is 0 Å². The van der Waals surface area contributed by atoms with E-state index in [0.717, 1.165) is 11.1 Å². The summed E-state index contributed by atoms with van der Waals surface area (Å²) in [6, 6.07) is 12.1. The molecule has 0 saturated carbocycles. The van der Waals surface area contributed by atoms with Gasteiger partial charge in [0.2, 0.25) is 5.91 Å². The first-order valence-electron chi connectivity index (χ1n) is 8.57. The summed E-state index contributed by atoms with van der Waals surface area (Å²) in [5.74, 6) is -0.578. The molecule has 0 fully saturated rings. The van der Waals surface area contributed by atoms with Crippen LogP contribution in [0.4, 0.5) is 5.69 Å². The lowest BCUT2D eigenvalue weighted by atomic mass is 9.86. The van der Waals surface area contributed by atoms with E-state index < -0.39 is 6.04 Å². The third-order valence-electron chi connectivity index (χ3n) is 4.28. The zero-order valence-corrected chi connectivity index (χ0v) is 16.6. The number of rotatable bonds is 4. The van der Waals surface area contributed by atoms with E-state index in [4.69, 9.17) is 11.6 Å². The van der Waals surface area contributed by atoms with Crippen molar-refractivity contribution in [2.45, 2.75) is 46.1 Å². The Labute approximate surface area is 159 Å². The van der Waals surface area contributed by atoms with E-state index in [2.05, 4.69) is 31.4 Å². The maximum absolute atomic E-state index is 12.4. The van der Waals surface area contributed by atoms with Crippen molar-refractivity contribution in [3.63, 3.8) is 0 Å². The van der Waals surface area contributed by atoms with Crippen LogP contribution >= 0.6 is 11.6 Å². The van der Waals surface area contributed by atoms with Crippen LogP contribution in [-0.4, -0.2) is 17.9 Å². The number of hydrogen-bond acceptors (Lipinski definition) is 2. The summed E-state index contributed by atoms with van der Waals surface area (Å²) in [5, 5.41) is 6.10. The van der Waals surface area contributed by atoms with Crippen LogP contribution in [0.2, 0.25) is 5.02 Å². The van der Waals surface area contributed by atoms with Crippen LogP contribution in [-0.2, 0) is 10.2 Å². The number of halogens is 1. The van der Waals surface area contributed by atoms with Crippen molar-refractivity contribution in [1.82, 2.24) is 5.32 Å². The number of nitrogens with one attached hydrogen (secondary N) is 2. The van der Waals surface area contributed by atoms with Crippen LogP contribution in [0, 0.1) is 6.92 Å². The van der Waals surface area contributed by atoms with Crippen molar-refractivity contribution in [1.29, 1.82) is 0 Å². The zero-order valence-electron chi connectivity index (χ0n) is 15.8. The van der Waals surface area contributed by atoms with Crippen LogP contribution < -0.4 is 10.6 Å². The van der Waals surface area contributed by atoms with Gasteiger partial charge in [-0.3, -0.25) is 9.59 Å². The second kappa shape index (κ2) is 7.92. The van der Waals surface area contributed by atoms with Crippen molar-refractivity contribution in [2.75, 3.05) is 5.32 Å². The van der Waals surface area contributed by atoms with Crippen molar-refractivity contribution in [2.24, 2.45) is 0 Å². The molecule has 5 heteroatoms. The minimum Gasteiger partial charge on any atom is -0.341 e. The van der Waals surface area contributed by atoms with Crippen LogP contribution in [0.5, 0.6) is 0 Å².